The highest BCUT2D eigenvalue weighted by Gasteiger charge is 2.18. The van der Waals surface area contributed by atoms with E-state index in [1.165, 1.54) is 12.1 Å². The van der Waals surface area contributed by atoms with Crippen molar-refractivity contribution in [1.29, 1.82) is 0 Å². The van der Waals surface area contributed by atoms with Crippen LogP contribution < -0.4 is 5.73 Å². The molecule has 0 amide bonds. The molecule has 0 aromatic carbocycles. The van der Waals surface area contributed by atoms with Crippen molar-refractivity contribution in [2.24, 2.45) is 17.6 Å². The van der Waals surface area contributed by atoms with Crippen LogP contribution in [0.25, 0.3) is 0 Å². The van der Waals surface area contributed by atoms with Gasteiger partial charge in [-0.05, 0) is 38.1 Å². The molecule has 4 heteroatoms. The Morgan fingerprint density at radius 2 is 1.78 bits per heavy atom. The van der Waals surface area contributed by atoms with Crippen LogP contribution in [-0.4, -0.2) is 21.5 Å². The molecular weight excluding hydrogens is 224 g/mol. The highest BCUT2D eigenvalue weighted by atomic mass is 15.4. The molecule has 1 unspecified atom stereocenters. The Morgan fingerprint density at radius 3 is 2.28 bits per heavy atom. The van der Waals surface area contributed by atoms with Crippen LogP contribution >= 0.6 is 0 Å². The van der Waals surface area contributed by atoms with Crippen LogP contribution in [0.4, 0.5) is 0 Å². The quantitative estimate of drug-likeness (QED) is 0.811. The standard InChI is InChI=1S/C14H28N4/c1-10(2)6-7-14-13(8-9-15)16-17-18(14)12(5)11(3)4/h10-12H,6-9,15H2,1-5H3. The zero-order chi connectivity index (χ0) is 13.7. The molecule has 1 aromatic heterocycles. The molecule has 0 bridgehead atoms. The van der Waals surface area contributed by atoms with E-state index in [0.29, 0.717) is 24.4 Å². The van der Waals surface area contributed by atoms with Crippen molar-refractivity contribution in [2.45, 2.75) is 59.9 Å². The molecule has 4 nitrogen and oxygen atoms in total. The van der Waals surface area contributed by atoms with Crippen molar-refractivity contribution >= 4 is 0 Å². The first-order chi connectivity index (χ1) is 8.47. The van der Waals surface area contributed by atoms with Gasteiger partial charge in [0.15, 0.2) is 0 Å². The first-order valence-electron chi connectivity index (χ1n) is 7.10. The molecule has 0 aliphatic rings. The molecule has 1 heterocycles. The number of aromatic nitrogens is 3. The van der Waals surface area contributed by atoms with Crippen molar-refractivity contribution in [3.63, 3.8) is 0 Å². The maximum absolute atomic E-state index is 5.65. The summed E-state index contributed by atoms with van der Waals surface area (Å²) in [6.07, 6.45) is 3.06. The van der Waals surface area contributed by atoms with Crippen LogP contribution in [-0.2, 0) is 12.8 Å². The molecule has 0 aliphatic carbocycles. The number of rotatable bonds is 7. The van der Waals surface area contributed by atoms with Gasteiger partial charge in [0.25, 0.3) is 0 Å². The normalized spacial score (nSPS) is 13.6. The summed E-state index contributed by atoms with van der Waals surface area (Å²) < 4.78 is 2.11. The van der Waals surface area contributed by atoms with Crippen LogP contribution in [0.2, 0.25) is 0 Å². The number of nitrogens with zero attached hydrogens (tertiary/aromatic N) is 3. The number of nitrogens with two attached hydrogens (primary N) is 1. The monoisotopic (exact) mass is 252 g/mol. The topological polar surface area (TPSA) is 56.7 Å². The van der Waals surface area contributed by atoms with Gasteiger partial charge in [-0.15, -0.1) is 5.10 Å². The summed E-state index contributed by atoms with van der Waals surface area (Å²) in [5.41, 5.74) is 8.03. The van der Waals surface area contributed by atoms with Gasteiger partial charge >= 0.3 is 0 Å². The summed E-state index contributed by atoms with van der Waals surface area (Å²) in [7, 11) is 0. The lowest BCUT2D eigenvalue weighted by atomic mass is 10.0. The van der Waals surface area contributed by atoms with Crippen LogP contribution in [0.3, 0.4) is 0 Å². The van der Waals surface area contributed by atoms with Crippen LogP contribution in [0, 0.1) is 11.8 Å². The minimum Gasteiger partial charge on any atom is -0.330 e. The second kappa shape index (κ2) is 6.88. The lowest BCUT2D eigenvalue weighted by molar-refractivity contribution is 0.355. The van der Waals surface area contributed by atoms with Crippen molar-refractivity contribution in [3.05, 3.63) is 11.4 Å². The van der Waals surface area contributed by atoms with Gasteiger partial charge in [-0.2, -0.15) is 0 Å². The zero-order valence-corrected chi connectivity index (χ0v) is 12.5. The van der Waals surface area contributed by atoms with Gasteiger partial charge in [-0.1, -0.05) is 32.9 Å². The summed E-state index contributed by atoms with van der Waals surface area (Å²) in [5, 5.41) is 8.67. The van der Waals surface area contributed by atoms with Gasteiger partial charge in [0, 0.05) is 6.42 Å². The van der Waals surface area contributed by atoms with E-state index in [0.717, 1.165) is 18.5 Å². The second-order valence-corrected chi connectivity index (χ2v) is 5.88. The second-order valence-electron chi connectivity index (χ2n) is 5.88. The van der Waals surface area contributed by atoms with Crippen molar-refractivity contribution < 1.29 is 0 Å². The molecule has 0 spiro atoms. The van der Waals surface area contributed by atoms with Crippen LogP contribution in [0.15, 0.2) is 0 Å². The predicted octanol–water partition coefficient (Wildman–Crippen LogP) is 2.58. The van der Waals surface area contributed by atoms with E-state index in [2.05, 4.69) is 49.6 Å². The fraction of sp³-hybridized carbons (Fsp3) is 0.857. The van der Waals surface area contributed by atoms with Crippen molar-refractivity contribution in [3.8, 4) is 0 Å². The maximum atomic E-state index is 5.65. The summed E-state index contributed by atoms with van der Waals surface area (Å²) in [5.74, 6) is 1.27. The van der Waals surface area contributed by atoms with E-state index >= 15 is 0 Å². The molecule has 1 atom stereocenters. The summed E-state index contributed by atoms with van der Waals surface area (Å²) in [6, 6.07) is 0.395. The molecule has 2 N–H and O–H groups in total. The highest BCUT2D eigenvalue weighted by Crippen LogP contribution is 2.21. The molecule has 18 heavy (non-hydrogen) atoms. The lowest BCUT2D eigenvalue weighted by Gasteiger charge is -2.19. The minimum atomic E-state index is 0.395. The minimum absolute atomic E-state index is 0.395. The first-order valence-corrected chi connectivity index (χ1v) is 7.10. The van der Waals surface area contributed by atoms with Gasteiger partial charge in [0.2, 0.25) is 0 Å². The number of hydrogen-bond donors (Lipinski definition) is 1. The van der Waals surface area contributed by atoms with Gasteiger partial charge < -0.3 is 5.73 Å². The van der Waals surface area contributed by atoms with E-state index in [-0.39, 0.29) is 0 Å². The van der Waals surface area contributed by atoms with Gasteiger partial charge in [0.05, 0.1) is 17.4 Å². The fourth-order valence-corrected chi connectivity index (χ4v) is 1.97. The van der Waals surface area contributed by atoms with Crippen LogP contribution in [0.1, 0.15) is 58.5 Å². The first kappa shape index (κ1) is 15.2. The Hall–Kier alpha value is -0.900. The predicted molar refractivity (Wildman–Crippen MR) is 75.5 cm³/mol. The highest BCUT2D eigenvalue weighted by molar-refractivity contribution is 5.12. The van der Waals surface area contributed by atoms with E-state index in [4.69, 9.17) is 5.73 Å². The van der Waals surface area contributed by atoms with E-state index < -0.39 is 0 Å². The molecule has 1 aromatic rings. The molecule has 1 rings (SSSR count). The molecular formula is C14H28N4. The third-order valence-electron chi connectivity index (χ3n) is 3.56. The average Bonchev–Trinajstić information content (AvgIpc) is 2.68. The number of hydrogen-bond acceptors (Lipinski definition) is 3. The Balaban J connectivity index is 2.94. The largest absolute Gasteiger partial charge is 0.330 e. The van der Waals surface area contributed by atoms with Crippen molar-refractivity contribution in [1.82, 2.24) is 15.0 Å². The SMILES string of the molecule is CC(C)CCc1c(CCN)nnn1C(C)C(C)C. The zero-order valence-electron chi connectivity index (χ0n) is 12.5. The third-order valence-corrected chi connectivity index (χ3v) is 3.56. The van der Waals surface area contributed by atoms with Crippen LogP contribution in [0.5, 0.6) is 0 Å². The van der Waals surface area contributed by atoms with E-state index in [9.17, 15) is 0 Å². The summed E-state index contributed by atoms with van der Waals surface area (Å²) >= 11 is 0. The van der Waals surface area contributed by atoms with Gasteiger partial charge in [-0.3, -0.25) is 0 Å². The van der Waals surface area contributed by atoms with E-state index in [1.54, 1.807) is 0 Å². The maximum Gasteiger partial charge on any atom is 0.0871 e. The molecule has 0 radical (unpaired) electrons. The van der Waals surface area contributed by atoms with Gasteiger partial charge in [-0.25, -0.2) is 4.68 Å². The third kappa shape index (κ3) is 3.80. The summed E-state index contributed by atoms with van der Waals surface area (Å²) in [6.45, 7) is 11.8. The molecule has 0 fully saturated rings. The smallest absolute Gasteiger partial charge is 0.0871 e. The van der Waals surface area contributed by atoms with Gasteiger partial charge in [0.1, 0.15) is 0 Å². The Kier molecular flexibility index (Phi) is 5.79. The molecule has 0 saturated carbocycles. The molecule has 0 saturated heterocycles. The molecule has 0 aliphatic heterocycles. The average molecular weight is 252 g/mol. The Morgan fingerprint density at radius 1 is 1.11 bits per heavy atom. The van der Waals surface area contributed by atoms with Crippen molar-refractivity contribution in [2.75, 3.05) is 6.54 Å². The summed E-state index contributed by atoms with van der Waals surface area (Å²) in [4.78, 5) is 0. The molecule has 104 valence electrons. The lowest BCUT2D eigenvalue weighted by Crippen LogP contribution is -2.17. The Labute approximate surface area is 111 Å². The Bertz CT molecular complexity index is 355. The fourth-order valence-electron chi connectivity index (χ4n) is 1.97. The van der Waals surface area contributed by atoms with E-state index in [1.807, 2.05) is 0 Å².